The van der Waals surface area contributed by atoms with Crippen molar-refractivity contribution in [2.45, 2.75) is 32.5 Å². The Morgan fingerprint density at radius 3 is 2.47 bits per heavy atom. The van der Waals surface area contributed by atoms with Crippen molar-refractivity contribution < 1.29 is 13.6 Å². The minimum atomic E-state index is -2.00. The average molecular weight is 233 g/mol. The van der Waals surface area contributed by atoms with Crippen LogP contribution in [0, 0.1) is 0 Å². The van der Waals surface area contributed by atoms with Gasteiger partial charge in [0.2, 0.25) is 0 Å². The van der Waals surface area contributed by atoms with Gasteiger partial charge in [-0.1, -0.05) is 0 Å². The molecule has 0 radical (unpaired) electrons. The maximum Gasteiger partial charge on any atom is 0.337 e. The Kier molecular flexibility index (Phi) is 5.77. The molecule has 0 bridgehead atoms. The first kappa shape index (κ1) is 13.1. The van der Waals surface area contributed by atoms with Crippen molar-refractivity contribution in [2.24, 2.45) is 0 Å². The van der Waals surface area contributed by atoms with Crippen molar-refractivity contribution >= 4 is 8.56 Å². The van der Waals surface area contributed by atoms with E-state index in [1.165, 1.54) is 0 Å². The first-order valence-electron chi connectivity index (χ1n) is 5.80. The molecule has 1 unspecified atom stereocenters. The van der Waals surface area contributed by atoms with Gasteiger partial charge in [0.15, 0.2) is 0 Å². The zero-order valence-electron chi connectivity index (χ0n) is 10.0. The predicted octanol–water partition coefficient (Wildman–Crippen LogP) is 1.12. The fourth-order valence-corrected chi connectivity index (χ4v) is 4.56. The van der Waals surface area contributed by atoms with Crippen molar-refractivity contribution in [2.75, 3.05) is 32.9 Å². The van der Waals surface area contributed by atoms with Gasteiger partial charge in [0, 0.05) is 32.3 Å². The Morgan fingerprint density at radius 2 is 2.00 bits per heavy atom. The maximum absolute atomic E-state index is 5.78. The molecule has 15 heavy (non-hydrogen) atoms. The average Bonchev–Trinajstić information content (AvgIpc) is 2.19. The van der Waals surface area contributed by atoms with E-state index in [2.05, 4.69) is 11.9 Å². The summed E-state index contributed by atoms with van der Waals surface area (Å²) in [5.74, 6) is 0. The third-order valence-corrected chi connectivity index (χ3v) is 5.50. The van der Waals surface area contributed by atoms with Crippen LogP contribution in [-0.4, -0.2) is 47.6 Å². The summed E-state index contributed by atoms with van der Waals surface area (Å²) in [6.07, 6.45) is 0.258. The van der Waals surface area contributed by atoms with E-state index in [9.17, 15) is 0 Å². The largest absolute Gasteiger partial charge is 0.395 e. The van der Waals surface area contributed by atoms with Crippen LogP contribution in [0.25, 0.3) is 0 Å². The number of hydrogen-bond donors (Lipinski definition) is 1. The van der Waals surface area contributed by atoms with Gasteiger partial charge in [-0.2, -0.15) is 0 Å². The molecular formula is C10H23NO3Si. The highest BCUT2D eigenvalue weighted by atomic mass is 28.4. The lowest BCUT2D eigenvalue weighted by molar-refractivity contribution is 0.0319. The van der Waals surface area contributed by atoms with E-state index in [0.717, 1.165) is 39.0 Å². The normalized spacial score (nSPS) is 23.0. The molecule has 1 fully saturated rings. The lowest BCUT2D eigenvalue weighted by Gasteiger charge is -2.32. The predicted molar refractivity (Wildman–Crippen MR) is 62.3 cm³/mol. The van der Waals surface area contributed by atoms with Crippen LogP contribution < -0.4 is 5.32 Å². The molecule has 1 saturated heterocycles. The number of rotatable bonds is 6. The van der Waals surface area contributed by atoms with Gasteiger partial charge in [0.1, 0.15) is 0 Å². The summed E-state index contributed by atoms with van der Waals surface area (Å²) in [4.78, 5) is 0. The van der Waals surface area contributed by atoms with Crippen LogP contribution in [0.2, 0.25) is 12.6 Å². The maximum atomic E-state index is 5.78. The zero-order valence-corrected chi connectivity index (χ0v) is 11.0. The Balaban J connectivity index is 2.40. The minimum absolute atomic E-state index is 0.258. The molecule has 1 N–H and O–H groups in total. The molecule has 0 aromatic heterocycles. The summed E-state index contributed by atoms with van der Waals surface area (Å²) in [6.45, 7) is 10.3. The van der Waals surface area contributed by atoms with Crippen molar-refractivity contribution in [3.8, 4) is 0 Å². The summed E-state index contributed by atoms with van der Waals surface area (Å²) in [5, 5.41) is 3.33. The SMILES string of the molecule is CCO[Si](C)(CC1CNCCO1)OCC. The molecule has 1 heterocycles. The molecule has 0 saturated carbocycles. The Bertz CT molecular complexity index is 168. The molecule has 0 spiro atoms. The summed E-state index contributed by atoms with van der Waals surface area (Å²) in [6, 6.07) is 0.918. The number of morpholine rings is 1. The van der Waals surface area contributed by atoms with Crippen LogP contribution >= 0.6 is 0 Å². The van der Waals surface area contributed by atoms with E-state index in [1.54, 1.807) is 0 Å². The van der Waals surface area contributed by atoms with Gasteiger partial charge in [-0.25, -0.2) is 0 Å². The fraction of sp³-hybridized carbons (Fsp3) is 1.00. The van der Waals surface area contributed by atoms with E-state index in [4.69, 9.17) is 13.6 Å². The Hall–Kier alpha value is 0.0569. The summed E-state index contributed by atoms with van der Waals surface area (Å²) in [5.41, 5.74) is 0. The second-order valence-electron chi connectivity index (χ2n) is 3.90. The first-order chi connectivity index (χ1) is 7.20. The molecule has 5 heteroatoms. The van der Waals surface area contributed by atoms with Gasteiger partial charge < -0.3 is 18.9 Å². The number of hydrogen-bond acceptors (Lipinski definition) is 4. The standard InChI is InChI=1S/C10H23NO3Si/c1-4-13-15(3,14-5-2)9-10-8-11-6-7-12-10/h10-11H,4-9H2,1-3H3. The molecule has 1 aliphatic rings. The third kappa shape index (κ3) is 4.61. The topological polar surface area (TPSA) is 39.7 Å². The number of nitrogens with one attached hydrogen (secondary N) is 1. The monoisotopic (exact) mass is 233 g/mol. The molecule has 1 aliphatic heterocycles. The number of ether oxygens (including phenoxy) is 1. The van der Waals surface area contributed by atoms with Crippen LogP contribution in [0.15, 0.2) is 0 Å². The van der Waals surface area contributed by atoms with Crippen molar-refractivity contribution in [3.63, 3.8) is 0 Å². The summed E-state index contributed by atoms with van der Waals surface area (Å²) in [7, 11) is -2.00. The zero-order chi connectivity index (χ0) is 11.1. The van der Waals surface area contributed by atoms with Crippen LogP contribution in [0.1, 0.15) is 13.8 Å². The van der Waals surface area contributed by atoms with Gasteiger partial charge in [0.25, 0.3) is 0 Å². The van der Waals surface area contributed by atoms with E-state index in [1.807, 2.05) is 13.8 Å². The summed E-state index contributed by atoms with van der Waals surface area (Å²) < 4.78 is 17.2. The quantitative estimate of drug-likeness (QED) is 0.698. The van der Waals surface area contributed by atoms with E-state index < -0.39 is 8.56 Å². The molecule has 0 aromatic rings. The highest BCUT2D eigenvalue weighted by Crippen LogP contribution is 2.18. The molecule has 4 nitrogen and oxygen atoms in total. The van der Waals surface area contributed by atoms with Gasteiger partial charge in [-0.15, -0.1) is 0 Å². The molecular weight excluding hydrogens is 210 g/mol. The van der Waals surface area contributed by atoms with Gasteiger partial charge in [0.05, 0.1) is 12.7 Å². The first-order valence-corrected chi connectivity index (χ1v) is 8.32. The van der Waals surface area contributed by atoms with E-state index in [0.29, 0.717) is 0 Å². The lowest BCUT2D eigenvalue weighted by atomic mass is 10.3. The van der Waals surface area contributed by atoms with Gasteiger partial charge in [-0.3, -0.25) is 0 Å². The minimum Gasteiger partial charge on any atom is -0.395 e. The molecule has 90 valence electrons. The van der Waals surface area contributed by atoms with Crippen molar-refractivity contribution in [3.05, 3.63) is 0 Å². The summed E-state index contributed by atoms with van der Waals surface area (Å²) >= 11 is 0. The van der Waals surface area contributed by atoms with Crippen LogP contribution in [0.4, 0.5) is 0 Å². The van der Waals surface area contributed by atoms with Crippen molar-refractivity contribution in [1.82, 2.24) is 5.32 Å². The molecule has 0 aliphatic carbocycles. The fourth-order valence-electron chi connectivity index (χ4n) is 1.93. The van der Waals surface area contributed by atoms with Gasteiger partial charge >= 0.3 is 8.56 Å². The molecule has 0 aromatic carbocycles. The van der Waals surface area contributed by atoms with Crippen LogP contribution in [0.3, 0.4) is 0 Å². The Morgan fingerprint density at radius 1 is 1.33 bits per heavy atom. The second-order valence-corrected chi connectivity index (χ2v) is 7.15. The second kappa shape index (κ2) is 6.60. The van der Waals surface area contributed by atoms with Crippen LogP contribution in [0.5, 0.6) is 0 Å². The Labute approximate surface area is 93.5 Å². The molecule has 1 atom stereocenters. The van der Waals surface area contributed by atoms with Crippen molar-refractivity contribution in [1.29, 1.82) is 0 Å². The molecule has 1 rings (SSSR count). The lowest BCUT2D eigenvalue weighted by Crippen LogP contribution is -2.47. The van der Waals surface area contributed by atoms with Crippen LogP contribution in [-0.2, 0) is 13.6 Å². The molecule has 0 amide bonds. The van der Waals surface area contributed by atoms with E-state index in [-0.39, 0.29) is 6.10 Å². The third-order valence-electron chi connectivity index (χ3n) is 2.50. The highest BCUT2D eigenvalue weighted by molar-refractivity contribution is 6.66. The smallest absolute Gasteiger partial charge is 0.337 e. The van der Waals surface area contributed by atoms with Gasteiger partial charge in [-0.05, 0) is 20.4 Å². The van der Waals surface area contributed by atoms with E-state index >= 15 is 0 Å². The highest BCUT2D eigenvalue weighted by Gasteiger charge is 2.35.